The van der Waals surface area contributed by atoms with Gasteiger partial charge < -0.3 is 19.9 Å². The van der Waals surface area contributed by atoms with Gasteiger partial charge in [-0.25, -0.2) is 0 Å². The van der Waals surface area contributed by atoms with E-state index >= 15 is 0 Å². The Morgan fingerprint density at radius 1 is 1.03 bits per heavy atom. The molecule has 0 bridgehead atoms. The quantitative estimate of drug-likeness (QED) is 0.447. The van der Waals surface area contributed by atoms with Crippen LogP contribution in [0.4, 0.5) is 11.4 Å². The highest BCUT2D eigenvalue weighted by molar-refractivity contribution is 7.97. The van der Waals surface area contributed by atoms with Crippen LogP contribution in [0.2, 0.25) is 0 Å². The van der Waals surface area contributed by atoms with Crippen LogP contribution in [0.1, 0.15) is 20.8 Å². The van der Waals surface area contributed by atoms with E-state index in [-0.39, 0.29) is 6.10 Å². The molecule has 1 atom stereocenters. The topological polar surface area (TPSA) is 75.6 Å². The number of hydrogen-bond donors (Lipinski definition) is 3. The molecule has 0 saturated carbocycles. The Labute approximate surface area is 176 Å². The number of nitrogens with one attached hydrogen (secondary N) is 2. The zero-order chi connectivity index (χ0) is 21.2. The van der Waals surface area contributed by atoms with Gasteiger partial charge in [0.1, 0.15) is 0 Å². The van der Waals surface area contributed by atoms with Gasteiger partial charge in [0.25, 0.3) is 0 Å². The second-order valence-corrected chi connectivity index (χ2v) is 7.00. The molecule has 3 rings (SSSR count). The van der Waals surface area contributed by atoms with Crippen molar-refractivity contribution in [2.45, 2.75) is 31.8 Å². The van der Waals surface area contributed by atoms with E-state index in [1.807, 2.05) is 56.3 Å². The molecule has 29 heavy (non-hydrogen) atoms. The molecule has 0 aliphatic rings. The average Bonchev–Trinajstić information content (AvgIpc) is 2.75. The number of nitrogens with zero attached hydrogens (tertiary/aromatic N) is 1. The maximum Gasteiger partial charge on any atom is 0.162 e. The number of ether oxygens (including phenoxy) is 2. The van der Waals surface area contributed by atoms with Gasteiger partial charge in [0.15, 0.2) is 11.5 Å². The maximum absolute atomic E-state index is 9.29. The molecule has 6 nitrogen and oxygen atoms in total. The minimum atomic E-state index is -0.367. The van der Waals surface area contributed by atoms with Crippen LogP contribution < -0.4 is 19.5 Å². The van der Waals surface area contributed by atoms with E-state index < -0.39 is 0 Å². The van der Waals surface area contributed by atoms with Crippen LogP contribution in [0.3, 0.4) is 0 Å². The smallest absolute Gasteiger partial charge is 0.162 e. The molecule has 0 radical (unpaired) electrons. The van der Waals surface area contributed by atoms with Crippen molar-refractivity contribution in [2.24, 2.45) is 0 Å². The number of benzene rings is 2. The molecule has 7 heteroatoms. The van der Waals surface area contributed by atoms with Crippen LogP contribution in [0.5, 0.6) is 11.5 Å². The molecule has 0 saturated heterocycles. The van der Waals surface area contributed by atoms with Crippen LogP contribution in [-0.4, -0.2) is 37.0 Å². The van der Waals surface area contributed by atoms with E-state index in [0.717, 1.165) is 27.2 Å². The van der Waals surface area contributed by atoms with Gasteiger partial charge in [-0.3, -0.25) is 9.71 Å². The van der Waals surface area contributed by atoms with Crippen molar-refractivity contribution in [1.29, 1.82) is 0 Å². The number of anilines is 2. The summed E-state index contributed by atoms with van der Waals surface area (Å²) in [6.07, 6.45) is 1.40. The van der Waals surface area contributed by atoms with Crippen molar-refractivity contribution in [3.63, 3.8) is 0 Å². The number of pyridine rings is 1. The molecule has 2 aromatic carbocycles. The molecule has 0 aliphatic carbocycles. The standard InChI is InChI=1S/C20H23N3O3S.C2H6/c1-13(24)12-22-27-15-6-4-14(5-7-15)23-17-8-9-21-18-11-20(26-3)19(25-2)10-16(17)18;1-2/h4-11,13,22,24H,12H2,1-3H3,(H,21,23);1-2H3. The number of rotatable bonds is 8. The molecule has 0 spiro atoms. The lowest BCUT2D eigenvalue weighted by Gasteiger charge is -2.13. The summed E-state index contributed by atoms with van der Waals surface area (Å²) in [5.41, 5.74) is 2.73. The lowest BCUT2D eigenvalue weighted by Crippen LogP contribution is -2.18. The van der Waals surface area contributed by atoms with Gasteiger partial charge in [0.05, 0.1) is 25.8 Å². The molecule has 3 aromatic rings. The van der Waals surface area contributed by atoms with Gasteiger partial charge >= 0.3 is 0 Å². The minimum absolute atomic E-state index is 0.367. The molecule has 0 amide bonds. The zero-order valence-corrected chi connectivity index (χ0v) is 18.3. The van der Waals surface area contributed by atoms with E-state index in [1.54, 1.807) is 27.3 Å². The molecule has 0 aliphatic heterocycles. The van der Waals surface area contributed by atoms with Crippen LogP contribution in [-0.2, 0) is 0 Å². The summed E-state index contributed by atoms with van der Waals surface area (Å²) in [7, 11) is 3.23. The molecule has 156 valence electrons. The van der Waals surface area contributed by atoms with E-state index in [4.69, 9.17) is 9.47 Å². The first-order valence-corrected chi connectivity index (χ1v) is 10.4. The summed E-state index contributed by atoms with van der Waals surface area (Å²) in [6.45, 7) is 6.29. The Balaban J connectivity index is 0.00000145. The molecule has 1 heterocycles. The number of aliphatic hydroxyl groups is 1. The van der Waals surface area contributed by atoms with E-state index in [0.29, 0.717) is 18.0 Å². The van der Waals surface area contributed by atoms with Crippen molar-refractivity contribution in [3.8, 4) is 11.5 Å². The van der Waals surface area contributed by atoms with Crippen LogP contribution in [0, 0.1) is 0 Å². The molecule has 1 aromatic heterocycles. The summed E-state index contributed by atoms with van der Waals surface area (Å²) >= 11 is 1.50. The molecule has 0 fully saturated rings. The zero-order valence-electron chi connectivity index (χ0n) is 17.5. The van der Waals surface area contributed by atoms with Crippen LogP contribution >= 0.6 is 11.9 Å². The fourth-order valence-electron chi connectivity index (χ4n) is 2.59. The predicted molar refractivity (Wildman–Crippen MR) is 121 cm³/mol. The number of aromatic nitrogens is 1. The first kappa shape index (κ1) is 22.8. The van der Waals surface area contributed by atoms with Crippen molar-refractivity contribution in [2.75, 3.05) is 26.1 Å². The van der Waals surface area contributed by atoms with Crippen molar-refractivity contribution >= 4 is 34.2 Å². The number of hydrogen-bond acceptors (Lipinski definition) is 7. The average molecular weight is 416 g/mol. The summed E-state index contributed by atoms with van der Waals surface area (Å²) in [4.78, 5) is 5.50. The summed E-state index contributed by atoms with van der Waals surface area (Å²) < 4.78 is 13.9. The monoisotopic (exact) mass is 415 g/mol. The minimum Gasteiger partial charge on any atom is -0.493 e. The largest absolute Gasteiger partial charge is 0.493 e. The SMILES string of the molecule is CC.COc1cc2nccc(Nc3ccc(SNCC(C)O)cc3)c2cc1OC. The Hall–Kier alpha value is -2.48. The van der Waals surface area contributed by atoms with Gasteiger partial charge in [0, 0.05) is 40.5 Å². The lowest BCUT2D eigenvalue weighted by molar-refractivity contribution is 0.200. The fourth-order valence-corrected chi connectivity index (χ4v) is 3.35. The van der Waals surface area contributed by atoms with E-state index in [1.165, 1.54) is 11.9 Å². The van der Waals surface area contributed by atoms with Crippen LogP contribution in [0.25, 0.3) is 10.9 Å². The first-order valence-electron chi connectivity index (χ1n) is 9.56. The Morgan fingerprint density at radius 3 is 2.31 bits per heavy atom. The number of aliphatic hydroxyl groups excluding tert-OH is 1. The summed E-state index contributed by atoms with van der Waals surface area (Å²) in [5, 5.41) is 13.7. The third-order valence-electron chi connectivity index (χ3n) is 3.95. The molecular weight excluding hydrogens is 386 g/mol. The summed E-state index contributed by atoms with van der Waals surface area (Å²) in [5.74, 6) is 1.32. The molecule has 3 N–H and O–H groups in total. The third kappa shape index (κ3) is 6.25. The second-order valence-electron chi connectivity index (χ2n) is 6.03. The molecule has 1 unspecified atom stereocenters. The highest BCUT2D eigenvalue weighted by atomic mass is 32.2. The number of fused-ring (bicyclic) bond motifs is 1. The normalized spacial score (nSPS) is 11.4. The second kappa shape index (κ2) is 11.5. The van der Waals surface area contributed by atoms with Gasteiger partial charge in [0.2, 0.25) is 0 Å². The van der Waals surface area contributed by atoms with Crippen molar-refractivity contribution in [3.05, 3.63) is 48.7 Å². The van der Waals surface area contributed by atoms with Gasteiger partial charge in [-0.1, -0.05) is 13.8 Å². The number of methoxy groups -OCH3 is 2. The highest BCUT2D eigenvalue weighted by Gasteiger charge is 2.10. The Bertz CT molecular complexity index is 902. The van der Waals surface area contributed by atoms with Gasteiger partial charge in [-0.2, -0.15) is 0 Å². The Kier molecular flexibility index (Phi) is 9.05. The third-order valence-corrected chi connectivity index (χ3v) is 4.77. The fraction of sp³-hybridized carbons (Fsp3) is 0.318. The highest BCUT2D eigenvalue weighted by Crippen LogP contribution is 2.35. The summed E-state index contributed by atoms with van der Waals surface area (Å²) in [6, 6.07) is 13.8. The Morgan fingerprint density at radius 2 is 1.69 bits per heavy atom. The van der Waals surface area contributed by atoms with Crippen molar-refractivity contribution < 1.29 is 14.6 Å². The van der Waals surface area contributed by atoms with Crippen molar-refractivity contribution in [1.82, 2.24) is 9.71 Å². The maximum atomic E-state index is 9.29. The molecular formula is C22H29N3O3S. The lowest BCUT2D eigenvalue weighted by atomic mass is 10.1. The van der Waals surface area contributed by atoms with Gasteiger partial charge in [-0.05, 0) is 55.3 Å². The van der Waals surface area contributed by atoms with Crippen LogP contribution in [0.15, 0.2) is 53.6 Å². The predicted octanol–water partition coefficient (Wildman–Crippen LogP) is 5.00. The van der Waals surface area contributed by atoms with E-state index in [9.17, 15) is 5.11 Å². The van der Waals surface area contributed by atoms with Gasteiger partial charge in [-0.15, -0.1) is 0 Å². The van der Waals surface area contributed by atoms with E-state index in [2.05, 4.69) is 15.0 Å². The first-order chi connectivity index (χ1) is 14.1.